The number of rotatable bonds is 16. The van der Waals surface area contributed by atoms with Crippen LogP contribution in [-0.4, -0.2) is 43.9 Å². The van der Waals surface area contributed by atoms with E-state index in [0.29, 0.717) is 48.1 Å². The van der Waals surface area contributed by atoms with Crippen LogP contribution < -0.4 is 25.2 Å². The van der Waals surface area contributed by atoms with E-state index < -0.39 is 25.6 Å². The van der Waals surface area contributed by atoms with Crippen LogP contribution in [-0.2, 0) is 22.2 Å². The fourth-order valence-electron chi connectivity index (χ4n) is 6.78. The Balaban J connectivity index is 1.33. The van der Waals surface area contributed by atoms with Gasteiger partial charge in [0.1, 0.15) is 29.5 Å². The number of aliphatic hydroxyl groups excluding tert-OH is 1. The van der Waals surface area contributed by atoms with Crippen LogP contribution in [0.1, 0.15) is 65.5 Å². The van der Waals surface area contributed by atoms with Crippen LogP contribution in [0.4, 0.5) is 4.79 Å². The molecule has 0 aliphatic heterocycles. The van der Waals surface area contributed by atoms with Crippen LogP contribution in [0.15, 0.2) is 133 Å². The number of hydrogen-bond acceptors (Lipinski definition) is 6. The van der Waals surface area contributed by atoms with Gasteiger partial charge in [-0.2, -0.15) is 0 Å². The van der Waals surface area contributed by atoms with Crippen molar-refractivity contribution < 1.29 is 28.5 Å². The summed E-state index contributed by atoms with van der Waals surface area (Å²) in [6, 6.07) is 43.8. The molecule has 1 atom stereocenters. The quantitative estimate of drug-likeness (QED) is 0.0971. The standard InChI is InChI=1S/C46H54ClNO6Si/c1-44(2,3)54-43(50)48-46(33-49,34-52-55(45(4,5)6,40-23-12-8-13-24-40)41-25-14-9-15-26-41)29-17-20-36-27-28-39(31-42(36)47)53-38-22-16-21-37(30-38)51-32-35-18-10-7-11-19-35/h7-16,18-19,21-28,30-31,49H,17,20,29,32-34H2,1-6H3,(H,48,50). The number of carbonyl (C=O) groups is 1. The lowest BCUT2D eigenvalue weighted by molar-refractivity contribution is 0.0289. The molecule has 0 heterocycles. The molecule has 0 aromatic heterocycles. The van der Waals surface area contributed by atoms with Crippen molar-refractivity contribution in [1.29, 1.82) is 0 Å². The van der Waals surface area contributed by atoms with Crippen molar-refractivity contribution in [3.63, 3.8) is 0 Å². The molecule has 7 nitrogen and oxygen atoms in total. The third kappa shape index (κ3) is 11.2. The van der Waals surface area contributed by atoms with E-state index in [-0.39, 0.29) is 18.3 Å². The second kappa shape index (κ2) is 18.4. The van der Waals surface area contributed by atoms with E-state index in [1.807, 2.05) is 124 Å². The predicted molar refractivity (Wildman–Crippen MR) is 224 cm³/mol. The lowest BCUT2D eigenvalue weighted by Crippen LogP contribution is -2.69. The van der Waals surface area contributed by atoms with E-state index >= 15 is 0 Å². The van der Waals surface area contributed by atoms with Gasteiger partial charge in [-0.25, -0.2) is 4.79 Å². The lowest BCUT2D eigenvalue weighted by atomic mass is 9.93. The van der Waals surface area contributed by atoms with Gasteiger partial charge in [-0.05, 0) is 90.8 Å². The summed E-state index contributed by atoms with van der Waals surface area (Å²) in [6.07, 6.45) is 0.993. The Bertz CT molecular complexity index is 1920. The first kappa shape index (κ1) is 41.6. The summed E-state index contributed by atoms with van der Waals surface area (Å²) in [7, 11) is -2.99. The molecule has 9 heteroatoms. The Kier molecular flexibility index (Phi) is 13.9. The molecule has 0 aliphatic rings. The van der Waals surface area contributed by atoms with Gasteiger partial charge in [-0.3, -0.25) is 0 Å². The van der Waals surface area contributed by atoms with Gasteiger partial charge in [-0.15, -0.1) is 0 Å². The van der Waals surface area contributed by atoms with Gasteiger partial charge in [-0.1, -0.05) is 136 Å². The van der Waals surface area contributed by atoms with Gasteiger partial charge in [0.05, 0.1) is 18.8 Å². The minimum absolute atomic E-state index is 0.0741. The highest BCUT2D eigenvalue weighted by atomic mass is 35.5. The van der Waals surface area contributed by atoms with Crippen LogP contribution >= 0.6 is 11.6 Å². The minimum Gasteiger partial charge on any atom is -0.489 e. The molecule has 2 N–H and O–H groups in total. The summed E-state index contributed by atoms with van der Waals surface area (Å²) < 4.78 is 25.1. The predicted octanol–water partition coefficient (Wildman–Crippen LogP) is 9.87. The van der Waals surface area contributed by atoms with Crippen LogP contribution in [0.2, 0.25) is 10.1 Å². The van der Waals surface area contributed by atoms with Gasteiger partial charge in [0.15, 0.2) is 0 Å². The maximum atomic E-state index is 13.4. The van der Waals surface area contributed by atoms with E-state index in [2.05, 4.69) is 50.4 Å². The lowest BCUT2D eigenvalue weighted by Gasteiger charge is -2.45. The van der Waals surface area contributed by atoms with Crippen LogP contribution in [0.25, 0.3) is 0 Å². The first-order chi connectivity index (χ1) is 26.2. The Labute approximate surface area is 332 Å². The SMILES string of the molecule is CC(C)(C)OC(=O)NC(CO)(CCCc1ccc(Oc2cccc(OCc3ccccc3)c2)cc1Cl)CO[Si](c1ccccc1)(c1ccccc1)C(C)(C)C. The number of nitrogens with one attached hydrogen (secondary N) is 1. The van der Waals surface area contributed by atoms with E-state index in [1.165, 1.54) is 0 Å². The molecule has 0 spiro atoms. The van der Waals surface area contributed by atoms with Crippen molar-refractivity contribution in [2.45, 2.75) is 83.6 Å². The highest BCUT2D eigenvalue weighted by molar-refractivity contribution is 6.99. The maximum Gasteiger partial charge on any atom is 0.408 e. The van der Waals surface area contributed by atoms with Gasteiger partial charge in [0.2, 0.25) is 0 Å². The summed E-state index contributed by atoms with van der Waals surface area (Å²) in [6.45, 7) is 12.2. The monoisotopic (exact) mass is 779 g/mol. The van der Waals surface area contributed by atoms with Gasteiger partial charge < -0.3 is 29.1 Å². The third-order valence-electron chi connectivity index (χ3n) is 9.47. The Morgan fingerprint density at radius 1 is 0.727 bits per heavy atom. The topological polar surface area (TPSA) is 86.3 Å². The molecule has 5 aromatic rings. The Morgan fingerprint density at radius 3 is 1.87 bits per heavy atom. The molecule has 5 aromatic carbocycles. The summed E-state index contributed by atoms with van der Waals surface area (Å²) >= 11 is 6.83. The first-order valence-corrected chi connectivity index (χ1v) is 21.1. The largest absolute Gasteiger partial charge is 0.489 e. The van der Waals surface area contributed by atoms with Gasteiger partial charge >= 0.3 is 6.09 Å². The first-order valence-electron chi connectivity index (χ1n) is 18.8. The second-order valence-electron chi connectivity index (χ2n) is 16.0. The van der Waals surface area contributed by atoms with Crippen molar-refractivity contribution in [3.8, 4) is 17.2 Å². The van der Waals surface area contributed by atoms with E-state index in [0.717, 1.165) is 21.5 Å². The molecule has 0 aliphatic carbocycles. The second-order valence-corrected chi connectivity index (χ2v) is 20.7. The number of hydrogen-bond donors (Lipinski definition) is 2. The summed E-state index contributed by atoms with van der Waals surface area (Å²) in [4.78, 5) is 13.4. The van der Waals surface area contributed by atoms with E-state index in [9.17, 15) is 9.90 Å². The molecule has 5 rings (SSSR count). The Morgan fingerprint density at radius 2 is 1.31 bits per heavy atom. The molecule has 0 fully saturated rings. The van der Waals surface area contributed by atoms with Crippen LogP contribution in [0.3, 0.4) is 0 Å². The Hall–Kier alpha value is -4.60. The molecular weight excluding hydrogens is 726 g/mol. The van der Waals surface area contributed by atoms with Crippen LogP contribution in [0, 0.1) is 0 Å². The number of aryl methyl sites for hydroxylation is 1. The summed E-state index contributed by atoms with van der Waals surface area (Å²) in [5.41, 5.74) is 0.141. The molecule has 0 radical (unpaired) electrons. The van der Waals surface area contributed by atoms with Crippen molar-refractivity contribution in [2.75, 3.05) is 13.2 Å². The molecule has 0 bridgehead atoms. The normalized spacial score (nSPS) is 13.1. The fourth-order valence-corrected chi connectivity index (χ4v) is 11.7. The fraction of sp³-hybridized carbons (Fsp3) is 0.326. The van der Waals surface area contributed by atoms with Crippen molar-refractivity contribution in [3.05, 3.63) is 150 Å². The number of amides is 1. The minimum atomic E-state index is -2.99. The smallest absolute Gasteiger partial charge is 0.408 e. The van der Waals surface area contributed by atoms with Crippen molar-refractivity contribution in [2.24, 2.45) is 0 Å². The molecule has 290 valence electrons. The molecule has 0 saturated heterocycles. The number of halogens is 1. The third-order valence-corrected chi connectivity index (χ3v) is 14.8. The summed E-state index contributed by atoms with van der Waals surface area (Å²) in [5, 5.41) is 16.7. The number of carbonyl (C=O) groups excluding carboxylic acids is 1. The van der Waals surface area contributed by atoms with Crippen molar-refractivity contribution in [1.82, 2.24) is 5.32 Å². The molecule has 55 heavy (non-hydrogen) atoms. The van der Waals surface area contributed by atoms with E-state index in [1.54, 1.807) is 6.07 Å². The molecule has 1 amide bonds. The molecule has 1 unspecified atom stereocenters. The average Bonchev–Trinajstić information content (AvgIpc) is 3.15. The number of aliphatic hydroxyl groups is 1. The average molecular weight is 780 g/mol. The van der Waals surface area contributed by atoms with Crippen molar-refractivity contribution >= 4 is 36.4 Å². The van der Waals surface area contributed by atoms with Gasteiger partial charge in [0.25, 0.3) is 8.32 Å². The highest BCUT2D eigenvalue weighted by Crippen LogP contribution is 2.38. The van der Waals surface area contributed by atoms with Crippen LogP contribution in [0.5, 0.6) is 17.2 Å². The molecule has 0 saturated carbocycles. The number of benzene rings is 5. The zero-order valence-corrected chi connectivity index (χ0v) is 34.6. The molecular formula is C46H54ClNO6Si. The number of ether oxygens (including phenoxy) is 3. The van der Waals surface area contributed by atoms with E-state index in [4.69, 9.17) is 30.2 Å². The maximum absolute atomic E-state index is 13.4. The number of alkyl carbamates (subject to hydrolysis) is 1. The highest BCUT2D eigenvalue weighted by Gasteiger charge is 2.51. The zero-order valence-electron chi connectivity index (χ0n) is 32.8. The summed E-state index contributed by atoms with van der Waals surface area (Å²) in [5.74, 6) is 1.94. The zero-order chi connectivity index (χ0) is 39.5. The van der Waals surface area contributed by atoms with Gasteiger partial charge in [0, 0.05) is 11.1 Å².